The zero-order chi connectivity index (χ0) is 17.9. The van der Waals surface area contributed by atoms with Crippen molar-refractivity contribution in [2.24, 2.45) is 0 Å². The Morgan fingerprint density at radius 1 is 1.16 bits per heavy atom. The summed E-state index contributed by atoms with van der Waals surface area (Å²) < 4.78 is 41.7. The second-order valence-electron chi connectivity index (χ2n) is 6.05. The number of ether oxygens (including phenoxy) is 1. The van der Waals surface area contributed by atoms with E-state index in [0.717, 1.165) is 31.6 Å². The van der Waals surface area contributed by atoms with Crippen molar-refractivity contribution in [3.8, 4) is 5.75 Å². The van der Waals surface area contributed by atoms with E-state index >= 15 is 0 Å². The van der Waals surface area contributed by atoms with Gasteiger partial charge in [-0.25, -0.2) is 9.97 Å². The fourth-order valence-corrected chi connectivity index (χ4v) is 3.10. The third kappa shape index (κ3) is 4.82. The van der Waals surface area contributed by atoms with Crippen LogP contribution in [0.5, 0.6) is 5.75 Å². The van der Waals surface area contributed by atoms with Crippen LogP contribution >= 0.6 is 0 Å². The average molecular weight is 352 g/mol. The summed E-state index contributed by atoms with van der Waals surface area (Å²) in [4.78, 5) is 10.3. The van der Waals surface area contributed by atoms with Gasteiger partial charge in [-0.2, -0.15) is 0 Å². The Morgan fingerprint density at radius 3 is 2.56 bits per heavy atom. The summed E-state index contributed by atoms with van der Waals surface area (Å²) in [6, 6.07) is 8.13. The molecule has 0 spiro atoms. The van der Waals surface area contributed by atoms with Crippen LogP contribution in [0.25, 0.3) is 0 Å². The van der Waals surface area contributed by atoms with E-state index in [1.54, 1.807) is 18.3 Å². The molecule has 25 heavy (non-hydrogen) atoms. The topological polar surface area (TPSA) is 64.3 Å². The molecule has 1 aromatic carbocycles. The zero-order valence-corrected chi connectivity index (χ0v) is 13.5. The molecule has 0 bridgehead atoms. The Labute approximate surface area is 143 Å². The predicted molar refractivity (Wildman–Crippen MR) is 86.8 cm³/mol. The maximum atomic E-state index is 12.5. The summed E-state index contributed by atoms with van der Waals surface area (Å²) in [5.74, 6) is 0.419. The molecule has 0 radical (unpaired) electrons. The number of para-hydroxylation sites is 1. The van der Waals surface area contributed by atoms with Crippen molar-refractivity contribution in [1.29, 1.82) is 0 Å². The fourth-order valence-electron chi connectivity index (χ4n) is 3.10. The SMILES string of the molecule is Nc1nccc(C2CCN(Cc3ccccc3OC(F)(F)F)CC2)n1. The van der Waals surface area contributed by atoms with E-state index < -0.39 is 6.36 Å². The molecule has 2 aromatic rings. The molecule has 8 heteroatoms. The van der Waals surface area contributed by atoms with Gasteiger partial charge in [0.15, 0.2) is 0 Å². The van der Waals surface area contributed by atoms with Crippen LogP contribution in [0, 0.1) is 0 Å². The Balaban J connectivity index is 1.61. The van der Waals surface area contributed by atoms with Crippen LogP contribution in [-0.2, 0) is 6.54 Å². The lowest BCUT2D eigenvalue weighted by Crippen LogP contribution is -2.33. The number of likely N-dealkylation sites (tertiary alicyclic amines) is 1. The van der Waals surface area contributed by atoms with Gasteiger partial charge in [0.25, 0.3) is 0 Å². The summed E-state index contributed by atoms with van der Waals surface area (Å²) in [6.07, 6.45) is -1.29. The van der Waals surface area contributed by atoms with Gasteiger partial charge in [-0.15, -0.1) is 13.2 Å². The first-order valence-corrected chi connectivity index (χ1v) is 8.05. The van der Waals surface area contributed by atoms with Crippen molar-refractivity contribution < 1.29 is 17.9 Å². The van der Waals surface area contributed by atoms with Crippen molar-refractivity contribution in [3.63, 3.8) is 0 Å². The highest BCUT2D eigenvalue weighted by molar-refractivity contribution is 5.33. The molecule has 0 saturated carbocycles. The van der Waals surface area contributed by atoms with E-state index in [0.29, 0.717) is 18.0 Å². The molecule has 0 atom stereocenters. The van der Waals surface area contributed by atoms with Crippen LogP contribution < -0.4 is 10.5 Å². The molecule has 2 heterocycles. The summed E-state index contributed by atoms with van der Waals surface area (Å²) in [5, 5.41) is 0. The Morgan fingerprint density at radius 2 is 1.88 bits per heavy atom. The van der Waals surface area contributed by atoms with E-state index in [4.69, 9.17) is 5.73 Å². The number of aromatic nitrogens is 2. The third-order valence-electron chi connectivity index (χ3n) is 4.29. The highest BCUT2D eigenvalue weighted by Gasteiger charge is 2.32. The van der Waals surface area contributed by atoms with Crippen molar-refractivity contribution in [3.05, 3.63) is 47.8 Å². The molecular formula is C17H19F3N4O. The predicted octanol–water partition coefficient (Wildman–Crippen LogP) is 3.34. The van der Waals surface area contributed by atoms with Gasteiger partial charge in [0.05, 0.1) is 0 Å². The Kier molecular flexibility index (Phi) is 5.08. The van der Waals surface area contributed by atoms with Crippen molar-refractivity contribution in [1.82, 2.24) is 14.9 Å². The maximum Gasteiger partial charge on any atom is 0.573 e. The molecule has 5 nitrogen and oxygen atoms in total. The van der Waals surface area contributed by atoms with E-state index in [1.807, 2.05) is 6.07 Å². The number of nitrogens with two attached hydrogens (primary N) is 1. The monoisotopic (exact) mass is 352 g/mol. The minimum Gasteiger partial charge on any atom is -0.405 e. The lowest BCUT2D eigenvalue weighted by molar-refractivity contribution is -0.275. The second-order valence-corrected chi connectivity index (χ2v) is 6.05. The third-order valence-corrected chi connectivity index (χ3v) is 4.29. The molecule has 2 N–H and O–H groups in total. The zero-order valence-electron chi connectivity index (χ0n) is 13.5. The molecular weight excluding hydrogens is 333 g/mol. The molecule has 0 aliphatic carbocycles. The number of alkyl halides is 3. The fraction of sp³-hybridized carbons (Fsp3) is 0.412. The summed E-state index contributed by atoms with van der Waals surface area (Å²) in [5.41, 5.74) is 7.08. The van der Waals surface area contributed by atoms with E-state index in [1.165, 1.54) is 12.1 Å². The molecule has 1 saturated heterocycles. The number of benzene rings is 1. The van der Waals surface area contributed by atoms with E-state index in [-0.39, 0.29) is 11.7 Å². The number of hydrogen-bond acceptors (Lipinski definition) is 5. The van der Waals surface area contributed by atoms with Gasteiger partial charge in [-0.05, 0) is 38.1 Å². The lowest BCUT2D eigenvalue weighted by atomic mass is 9.93. The van der Waals surface area contributed by atoms with Gasteiger partial charge in [0.2, 0.25) is 5.95 Å². The lowest BCUT2D eigenvalue weighted by Gasteiger charge is -2.32. The number of piperidine rings is 1. The number of nitrogen functional groups attached to an aromatic ring is 1. The molecule has 1 fully saturated rings. The first-order valence-electron chi connectivity index (χ1n) is 8.05. The average Bonchev–Trinajstić information content (AvgIpc) is 2.56. The molecule has 3 rings (SSSR count). The standard InChI is InChI=1S/C17H19F3N4O/c18-17(19,20)25-15-4-2-1-3-13(15)11-24-9-6-12(7-10-24)14-5-8-22-16(21)23-14/h1-5,8,12H,6-7,9-11H2,(H2,21,22,23). The normalized spacial score (nSPS) is 16.8. The first kappa shape index (κ1) is 17.5. The Hall–Kier alpha value is -2.35. The smallest absolute Gasteiger partial charge is 0.405 e. The van der Waals surface area contributed by atoms with Crippen LogP contribution in [0.3, 0.4) is 0 Å². The van der Waals surface area contributed by atoms with Gasteiger partial charge in [0, 0.05) is 29.9 Å². The van der Waals surface area contributed by atoms with Gasteiger partial charge in [0.1, 0.15) is 5.75 Å². The molecule has 1 aromatic heterocycles. The van der Waals surface area contributed by atoms with Crippen molar-refractivity contribution in [2.75, 3.05) is 18.8 Å². The van der Waals surface area contributed by atoms with Crippen molar-refractivity contribution in [2.45, 2.75) is 31.7 Å². The maximum absolute atomic E-state index is 12.5. The highest BCUT2D eigenvalue weighted by atomic mass is 19.4. The van der Waals surface area contributed by atoms with Crippen LogP contribution in [0.4, 0.5) is 19.1 Å². The van der Waals surface area contributed by atoms with Crippen LogP contribution in [-0.4, -0.2) is 34.3 Å². The van der Waals surface area contributed by atoms with Crippen LogP contribution in [0.2, 0.25) is 0 Å². The van der Waals surface area contributed by atoms with Gasteiger partial charge in [-0.3, -0.25) is 4.90 Å². The van der Waals surface area contributed by atoms with E-state index in [2.05, 4.69) is 19.6 Å². The van der Waals surface area contributed by atoms with Crippen molar-refractivity contribution >= 4 is 5.95 Å². The number of hydrogen-bond donors (Lipinski definition) is 1. The largest absolute Gasteiger partial charge is 0.573 e. The summed E-state index contributed by atoms with van der Waals surface area (Å²) in [6.45, 7) is 1.97. The van der Waals surface area contributed by atoms with Crippen LogP contribution in [0.1, 0.15) is 30.0 Å². The summed E-state index contributed by atoms with van der Waals surface area (Å²) >= 11 is 0. The number of anilines is 1. The highest BCUT2D eigenvalue weighted by Crippen LogP contribution is 2.30. The number of nitrogens with zero attached hydrogens (tertiary/aromatic N) is 3. The Bertz CT molecular complexity index is 715. The first-order chi connectivity index (χ1) is 11.9. The minimum atomic E-state index is -4.68. The van der Waals surface area contributed by atoms with Crippen LogP contribution in [0.15, 0.2) is 36.5 Å². The molecule has 134 valence electrons. The second kappa shape index (κ2) is 7.26. The number of halogens is 3. The molecule has 1 aliphatic heterocycles. The van der Waals surface area contributed by atoms with Gasteiger partial charge in [-0.1, -0.05) is 18.2 Å². The molecule has 0 amide bonds. The minimum absolute atomic E-state index is 0.138. The summed E-state index contributed by atoms with van der Waals surface area (Å²) in [7, 11) is 0. The number of rotatable bonds is 4. The van der Waals surface area contributed by atoms with Gasteiger partial charge < -0.3 is 10.5 Å². The van der Waals surface area contributed by atoms with Gasteiger partial charge >= 0.3 is 6.36 Å². The quantitative estimate of drug-likeness (QED) is 0.914. The van der Waals surface area contributed by atoms with E-state index in [9.17, 15) is 13.2 Å². The molecule has 1 aliphatic rings. The molecule has 0 unspecified atom stereocenters.